The van der Waals surface area contributed by atoms with Gasteiger partial charge in [0.1, 0.15) is 5.75 Å². The van der Waals surface area contributed by atoms with Gasteiger partial charge in [0, 0.05) is 23.7 Å². The lowest BCUT2D eigenvalue weighted by Crippen LogP contribution is -2.27. The van der Waals surface area contributed by atoms with Crippen molar-refractivity contribution in [2.75, 3.05) is 7.11 Å². The highest BCUT2D eigenvalue weighted by Gasteiger charge is 2.04. The zero-order valence-electron chi connectivity index (χ0n) is 11.1. The number of H-pyrrole nitrogens is 1. The lowest BCUT2D eigenvalue weighted by atomic mass is 10.1. The van der Waals surface area contributed by atoms with E-state index in [1.165, 1.54) is 16.9 Å². The summed E-state index contributed by atoms with van der Waals surface area (Å²) >= 11 is 1.20. The molecule has 1 unspecified atom stereocenters. The number of aromatic nitrogens is 1. The number of ether oxygens (including phenoxy) is 1. The van der Waals surface area contributed by atoms with Crippen molar-refractivity contribution < 1.29 is 4.74 Å². The van der Waals surface area contributed by atoms with E-state index in [4.69, 9.17) is 4.74 Å². The number of hydrogen-bond donors (Lipinski definition) is 2. The fraction of sp³-hybridized carbons (Fsp3) is 0.357. The van der Waals surface area contributed by atoms with E-state index in [0.29, 0.717) is 12.6 Å². The maximum atomic E-state index is 11.0. The number of nitrogens with one attached hydrogen (secondary N) is 2. The molecule has 1 aromatic carbocycles. The van der Waals surface area contributed by atoms with E-state index in [1.54, 1.807) is 7.11 Å². The van der Waals surface area contributed by atoms with E-state index < -0.39 is 0 Å². The summed E-state index contributed by atoms with van der Waals surface area (Å²) < 4.78 is 5.13. The van der Waals surface area contributed by atoms with E-state index >= 15 is 0 Å². The Labute approximate surface area is 116 Å². The second-order valence-electron chi connectivity index (χ2n) is 4.51. The summed E-state index contributed by atoms with van der Waals surface area (Å²) in [6.45, 7) is 2.82. The first-order valence-electron chi connectivity index (χ1n) is 6.20. The van der Waals surface area contributed by atoms with E-state index in [2.05, 4.69) is 29.4 Å². The molecule has 4 nitrogen and oxygen atoms in total. The first kappa shape index (κ1) is 13.8. The first-order chi connectivity index (χ1) is 9.17. The summed E-state index contributed by atoms with van der Waals surface area (Å²) in [5.41, 5.74) is 2.20. The number of thiazole rings is 1. The van der Waals surface area contributed by atoms with E-state index in [0.717, 1.165) is 17.9 Å². The molecule has 2 rings (SSSR count). The summed E-state index contributed by atoms with van der Waals surface area (Å²) in [7, 11) is 1.67. The smallest absolute Gasteiger partial charge is 0.304 e. The van der Waals surface area contributed by atoms with Crippen LogP contribution in [0.2, 0.25) is 0 Å². The Morgan fingerprint density at radius 1 is 1.37 bits per heavy atom. The Balaban J connectivity index is 1.83. The molecule has 0 radical (unpaired) electrons. The number of methoxy groups -OCH3 is 1. The van der Waals surface area contributed by atoms with Gasteiger partial charge >= 0.3 is 4.87 Å². The second-order valence-corrected chi connectivity index (χ2v) is 5.35. The zero-order valence-corrected chi connectivity index (χ0v) is 11.9. The van der Waals surface area contributed by atoms with Crippen LogP contribution in [0.5, 0.6) is 5.75 Å². The van der Waals surface area contributed by atoms with Gasteiger partial charge in [0.15, 0.2) is 0 Å². The average Bonchev–Trinajstić information content (AvgIpc) is 2.83. The molecule has 0 spiro atoms. The van der Waals surface area contributed by atoms with Crippen molar-refractivity contribution in [3.05, 3.63) is 50.6 Å². The van der Waals surface area contributed by atoms with Crippen molar-refractivity contribution in [3.8, 4) is 5.75 Å². The summed E-state index contributed by atoms with van der Waals surface area (Å²) in [6.07, 6.45) is 0.943. The van der Waals surface area contributed by atoms with Crippen molar-refractivity contribution in [1.82, 2.24) is 10.3 Å². The van der Waals surface area contributed by atoms with Crippen LogP contribution in [-0.2, 0) is 13.0 Å². The molecule has 19 heavy (non-hydrogen) atoms. The largest absolute Gasteiger partial charge is 0.497 e. The van der Waals surface area contributed by atoms with Crippen molar-refractivity contribution in [2.24, 2.45) is 0 Å². The third-order valence-corrected chi connectivity index (χ3v) is 3.63. The minimum absolute atomic E-state index is 0.000363. The van der Waals surface area contributed by atoms with Crippen LogP contribution in [-0.4, -0.2) is 18.1 Å². The summed E-state index contributed by atoms with van der Waals surface area (Å²) in [4.78, 5) is 13.8. The molecule has 102 valence electrons. The Morgan fingerprint density at radius 3 is 2.68 bits per heavy atom. The maximum Gasteiger partial charge on any atom is 0.304 e. The van der Waals surface area contributed by atoms with Gasteiger partial charge in [-0.15, -0.1) is 0 Å². The molecule has 0 fully saturated rings. The molecule has 1 aromatic heterocycles. The highest BCUT2D eigenvalue weighted by atomic mass is 32.1. The van der Waals surface area contributed by atoms with Crippen LogP contribution in [0.1, 0.15) is 18.2 Å². The molecular formula is C14H18N2O2S. The quantitative estimate of drug-likeness (QED) is 0.851. The predicted octanol–water partition coefficient (Wildman–Crippen LogP) is 2.17. The molecule has 1 heterocycles. The Hall–Kier alpha value is -1.59. The number of hydrogen-bond acceptors (Lipinski definition) is 4. The van der Waals surface area contributed by atoms with Crippen molar-refractivity contribution >= 4 is 11.3 Å². The van der Waals surface area contributed by atoms with Crippen molar-refractivity contribution in [3.63, 3.8) is 0 Å². The van der Waals surface area contributed by atoms with E-state index in [-0.39, 0.29) is 4.87 Å². The van der Waals surface area contributed by atoms with Gasteiger partial charge in [0.25, 0.3) is 0 Å². The fourth-order valence-electron chi connectivity index (χ4n) is 1.87. The van der Waals surface area contributed by atoms with Crippen LogP contribution in [0, 0.1) is 0 Å². The van der Waals surface area contributed by atoms with Gasteiger partial charge in [-0.3, -0.25) is 4.79 Å². The van der Waals surface area contributed by atoms with Crippen LogP contribution >= 0.6 is 11.3 Å². The third-order valence-electron chi connectivity index (χ3n) is 2.91. The van der Waals surface area contributed by atoms with Crippen LogP contribution < -0.4 is 14.9 Å². The summed E-state index contributed by atoms with van der Waals surface area (Å²) in [6, 6.07) is 8.43. The van der Waals surface area contributed by atoms with Gasteiger partial charge in [0.2, 0.25) is 0 Å². The van der Waals surface area contributed by atoms with Crippen LogP contribution in [0.3, 0.4) is 0 Å². The van der Waals surface area contributed by atoms with Gasteiger partial charge in [0.05, 0.1) is 7.11 Å². The average molecular weight is 278 g/mol. The standard InChI is InChI=1S/C14H18N2O2S/c1-10(15-8-12-9-19-14(17)16-12)7-11-3-5-13(18-2)6-4-11/h3-6,9-10,15H,7-8H2,1-2H3,(H,16,17). The summed E-state index contributed by atoms with van der Waals surface area (Å²) in [5.74, 6) is 0.875. The molecule has 0 aliphatic carbocycles. The van der Waals surface area contributed by atoms with Gasteiger partial charge in [-0.25, -0.2) is 0 Å². The van der Waals surface area contributed by atoms with Gasteiger partial charge in [-0.1, -0.05) is 23.5 Å². The third kappa shape index (κ3) is 4.22. The lowest BCUT2D eigenvalue weighted by Gasteiger charge is -2.13. The second kappa shape index (κ2) is 6.54. The van der Waals surface area contributed by atoms with Crippen LogP contribution in [0.15, 0.2) is 34.4 Å². The highest BCUT2D eigenvalue weighted by Crippen LogP contribution is 2.12. The van der Waals surface area contributed by atoms with Gasteiger partial charge in [-0.05, 0) is 31.0 Å². The van der Waals surface area contributed by atoms with E-state index in [9.17, 15) is 4.79 Å². The molecule has 0 bridgehead atoms. The topological polar surface area (TPSA) is 54.1 Å². The Kier molecular flexibility index (Phi) is 4.76. The minimum atomic E-state index is -0.000363. The van der Waals surface area contributed by atoms with Crippen molar-refractivity contribution in [2.45, 2.75) is 25.9 Å². The van der Waals surface area contributed by atoms with E-state index in [1.807, 2.05) is 17.5 Å². The normalized spacial score (nSPS) is 12.3. The SMILES string of the molecule is COc1ccc(CC(C)NCc2csc(=O)[nH]2)cc1. The number of rotatable bonds is 6. The van der Waals surface area contributed by atoms with Crippen LogP contribution in [0.25, 0.3) is 0 Å². The monoisotopic (exact) mass is 278 g/mol. The van der Waals surface area contributed by atoms with Gasteiger partial charge < -0.3 is 15.0 Å². The fourth-order valence-corrected chi connectivity index (χ4v) is 2.45. The highest BCUT2D eigenvalue weighted by molar-refractivity contribution is 7.07. The number of aromatic amines is 1. The molecule has 2 N–H and O–H groups in total. The van der Waals surface area contributed by atoms with Crippen molar-refractivity contribution in [1.29, 1.82) is 0 Å². The molecule has 0 saturated heterocycles. The zero-order chi connectivity index (χ0) is 13.7. The Bertz CT molecular complexity index is 559. The maximum absolute atomic E-state index is 11.0. The molecule has 0 aliphatic heterocycles. The molecule has 0 aliphatic rings. The predicted molar refractivity (Wildman–Crippen MR) is 77.9 cm³/mol. The molecule has 0 amide bonds. The molecule has 1 atom stereocenters. The minimum Gasteiger partial charge on any atom is -0.497 e. The van der Waals surface area contributed by atoms with Gasteiger partial charge in [-0.2, -0.15) is 0 Å². The lowest BCUT2D eigenvalue weighted by molar-refractivity contribution is 0.414. The number of benzene rings is 1. The summed E-state index contributed by atoms with van der Waals surface area (Å²) in [5, 5.41) is 5.25. The molecule has 2 aromatic rings. The molecule has 0 saturated carbocycles. The van der Waals surface area contributed by atoms with Crippen LogP contribution in [0.4, 0.5) is 0 Å². The molecular weight excluding hydrogens is 260 g/mol. The Morgan fingerprint density at radius 2 is 2.11 bits per heavy atom. The first-order valence-corrected chi connectivity index (χ1v) is 7.08. The molecule has 5 heteroatoms.